The lowest BCUT2D eigenvalue weighted by atomic mass is 9.81. The first-order valence-electron chi connectivity index (χ1n) is 9.14. The van der Waals surface area contributed by atoms with Crippen molar-refractivity contribution in [3.05, 3.63) is 29.3 Å². The maximum atomic E-state index is 3.61. The molecule has 0 unspecified atom stereocenters. The van der Waals surface area contributed by atoms with Crippen LogP contribution in [-0.2, 0) is 10.7 Å². The second-order valence-corrected chi connectivity index (χ2v) is 7.98. The van der Waals surface area contributed by atoms with E-state index in [-0.39, 0.29) is 5.41 Å². The summed E-state index contributed by atoms with van der Waals surface area (Å²) in [6.45, 7) is 16.5. The molecular formula is C20H33BrN2. The van der Waals surface area contributed by atoms with Crippen molar-refractivity contribution in [1.82, 2.24) is 4.90 Å². The Labute approximate surface area is 151 Å². The van der Waals surface area contributed by atoms with Crippen molar-refractivity contribution in [2.45, 2.75) is 64.2 Å². The molecule has 1 aromatic carbocycles. The molecule has 2 rings (SSSR count). The Morgan fingerprint density at radius 2 is 1.78 bits per heavy atom. The van der Waals surface area contributed by atoms with Crippen molar-refractivity contribution in [3.8, 4) is 0 Å². The summed E-state index contributed by atoms with van der Waals surface area (Å²) in [6.07, 6.45) is 2.48. The van der Waals surface area contributed by atoms with Crippen LogP contribution in [0, 0.1) is 0 Å². The van der Waals surface area contributed by atoms with Crippen molar-refractivity contribution in [2.75, 3.05) is 31.1 Å². The van der Waals surface area contributed by atoms with Gasteiger partial charge in [-0.2, -0.15) is 0 Å². The molecule has 1 aliphatic rings. The van der Waals surface area contributed by atoms with Gasteiger partial charge in [0.05, 0.1) is 0 Å². The monoisotopic (exact) mass is 380 g/mol. The summed E-state index contributed by atoms with van der Waals surface area (Å²) in [7, 11) is 0. The molecule has 0 bridgehead atoms. The molecule has 23 heavy (non-hydrogen) atoms. The van der Waals surface area contributed by atoms with Crippen molar-refractivity contribution in [3.63, 3.8) is 0 Å². The quantitative estimate of drug-likeness (QED) is 0.572. The minimum atomic E-state index is 0.223. The molecule has 0 spiro atoms. The normalized spacial score (nSPS) is 19.4. The number of fused-ring (bicyclic) bond motifs is 1. The minimum absolute atomic E-state index is 0.223. The van der Waals surface area contributed by atoms with Gasteiger partial charge < -0.3 is 9.80 Å². The van der Waals surface area contributed by atoms with Gasteiger partial charge in [-0.15, -0.1) is 0 Å². The minimum Gasteiger partial charge on any atom is -0.366 e. The molecule has 1 atom stereocenters. The average Bonchev–Trinajstić information content (AvgIpc) is 2.72. The van der Waals surface area contributed by atoms with E-state index in [1.165, 1.54) is 49.3 Å². The van der Waals surface area contributed by atoms with Gasteiger partial charge in [-0.25, -0.2) is 0 Å². The summed E-state index contributed by atoms with van der Waals surface area (Å²) in [5, 5.41) is 0.931. The van der Waals surface area contributed by atoms with Crippen LogP contribution in [0.25, 0.3) is 0 Å². The Morgan fingerprint density at radius 1 is 1.13 bits per heavy atom. The summed E-state index contributed by atoms with van der Waals surface area (Å²) in [4.78, 5) is 5.26. The predicted molar refractivity (Wildman–Crippen MR) is 106 cm³/mol. The van der Waals surface area contributed by atoms with Gasteiger partial charge in [0.25, 0.3) is 0 Å². The van der Waals surface area contributed by atoms with Crippen LogP contribution >= 0.6 is 15.9 Å². The molecule has 0 saturated heterocycles. The van der Waals surface area contributed by atoms with Gasteiger partial charge in [0.15, 0.2) is 0 Å². The van der Waals surface area contributed by atoms with Gasteiger partial charge in [-0.3, -0.25) is 0 Å². The summed E-state index contributed by atoms with van der Waals surface area (Å²) < 4.78 is 0. The summed E-state index contributed by atoms with van der Waals surface area (Å²) >= 11 is 3.61. The van der Waals surface area contributed by atoms with Gasteiger partial charge >= 0.3 is 0 Å². The number of alkyl halides is 1. The third-order valence-corrected chi connectivity index (χ3v) is 6.12. The van der Waals surface area contributed by atoms with Crippen LogP contribution in [0.3, 0.4) is 0 Å². The molecule has 0 aromatic heterocycles. The summed E-state index contributed by atoms with van der Waals surface area (Å²) in [5.41, 5.74) is 4.55. The molecule has 0 fully saturated rings. The maximum Gasteiger partial charge on any atom is 0.0411 e. The average molecular weight is 381 g/mol. The van der Waals surface area contributed by atoms with Crippen LogP contribution in [0.1, 0.15) is 58.6 Å². The van der Waals surface area contributed by atoms with Crippen molar-refractivity contribution >= 4 is 21.6 Å². The Morgan fingerprint density at radius 3 is 2.35 bits per heavy atom. The number of halogens is 1. The SMILES string of the molecule is CCCN(CCC)CCN1c2cc(CBr)ccc2C(C)(C)[C@H]1C. The van der Waals surface area contributed by atoms with E-state index in [9.17, 15) is 0 Å². The zero-order valence-electron chi connectivity index (χ0n) is 15.5. The molecule has 1 aliphatic heterocycles. The highest BCUT2D eigenvalue weighted by Crippen LogP contribution is 2.45. The topological polar surface area (TPSA) is 6.48 Å². The number of rotatable bonds is 8. The molecule has 0 radical (unpaired) electrons. The first-order chi connectivity index (χ1) is 11.0. The fraction of sp³-hybridized carbons (Fsp3) is 0.700. The zero-order chi connectivity index (χ0) is 17.0. The van der Waals surface area contributed by atoms with E-state index in [4.69, 9.17) is 0 Å². The fourth-order valence-electron chi connectivity index (χ4n) is 3.80. The highest BCUT2D eigenvalue weighted by atomic mass is 79.9. The predicted octanol–water partition coefficient (Wildman–Crippen LogP) is 5.19. The second kappa shape index (κ2) is 8.02. The number of nitrogens with zero attached hydrogens (tertiary/aromatic N) is 2. The molecular weight excluding hydrogens is 348 g/mol. The third kappa shape index (κ3) is 3.93. The van der Waals surface area contributed by atoms with Crippen LogP contribution in [-0.4, -0.2) is 37.1 Å². The van der Waals surface area contributed by atoms with Gasteiger partial charge in [0.2, 0.25) is 0 Å². The molecule has 0 N–H and O–H groups in total. The number of benzene rings is 1. The smallest absolute Gasteiger partial charge is 0.0411 e. The maximum absolute atomic E-state index is 3.61. The lowest BCUT2D eigenvalue weighted by molar-refractivity contribution is 0.275. The van der Waals surface area contributed by atoms with E-state index in [0.29, 0.717) is 6.04 Å². The van der Waals surface area contributed by atoms with Crippen molar-refractivity contribution in [1.29, 1.82) is 0 Å². The highest BCUT2D eigenvalue weighted by molar-refractivity contribution is 9.08. The van der Waals surface area contributed by atoms with Gasteiger partial charge in [0, 0.05) is 35.6 Å². The molecule has 3 heteroatoms. The fourth-order valence-corrected chi connectivity index (χ4v) is 4.15. The van der Waals surface area contributed by atoms with Gasteiger partial charge in [-0.05, 0) is 50.0 Å². The van der Waals surface area contributed by atoms with Crippen LogP contribution in [0.2, 0.25) is 0 Å². The number of hydrogen-bond acceptors (Lipinski definition) is 2. The number of anilines is 1. The molecule has 130 valence electrons. The largest absolute Gasteiger partial charge is 0.366 e. The van der Waals surface area contributed by atoms with Crippen LogP contribution in [0.5, 0.6) is 0 Å². The van der Waals surface area contributed by atoms with Gasteiger partial charge in [0.1, 0.15) is 0 Å². The second-order valence-electron chi connectivity index (χ2n) is 7.42. The van der Waals surface area contributed by atoms with Gasteiger partial charge in [-0.1, -0.05) is 55.8 Å². The molecule has 1 aromatic rings. The van der Waals surface area contributed by atoms with E-state index in [2.05, 4.69) is 78.5 Å². The Hall–Kier alpha value is -0.540. The van der Waals surface area contributed by atoms with Crippen LogP contribution < -0.4 is 4.90 Å². The van der Waals surface area contributed by atoms with Crippen LogP contribution in [0.4, 0.5) is 5.69 Å². The first kappa shape index (κ1) is 18.8. The Kier molecular flexibility index (Phi) is 6.56. The molecule has 0 aliphatic carbocycles. The molecule has 2 nitrogen and oxygen atoms in total. The third-order valence-electron chi connectivity index (χ3n) is 5.47. The molecule has 0 amide bonds. The molecule has 1 heterocycles. The standard InChI is InChI=1S/C20H33BrN2/c1-6-10-22(11-7-2)12-13-23-16(3)20(4,5)18-9-8-17(15-21)14-19(18)23/h8-9,14,16H,6-7,10-13,15H2,1-5H3/t16-/m1/s1. The Balaban J connectivity index is 2.19. The number of hydrogen-bond donors (Lipinski definition) is 0. The Bertz CT molecular complexity index is 506. The van der Waals surface area contributed by atoms with E-state index in [0.717, 1.165) is 11.9 Å². The zero-order valence-corrected chi connectivity index (χ0v) is 17.1. The first-order valence-corrected chi connectivity index (χ1v) is 10.3. The molecule has 0 saturated carbocycles. The lowest BCUT2D eigenvalue weighted by Gasteiger charge is -2.33. The van der Waals surface area contributed by atoms with E-state index < -0.39 is 0 Å². The summed E-state index contributed by atoms with van der Waals surface area (Å²) in [5.74, 6) is 0. The van der Waals surface area contributed by atoms with E-state index in [1.807, 2.05) is 0 Å². The van der Waals surface area contributed by atoms with Crippen molar-refractivity contribution < 1.29 is 0 Å². The highest BCUT2D eigenvalue weighted by Gasteiger charge is 2.41. The lowest BCUT2D eigenvalue weighted by Crippen LogP contribution is -2.43. The van der Waals surface area contributed by atoms with Crippen molar-refractivity contribution in [2.24, 2.45) is 0 Å². The van der Waals surface area contributed by atoms with E-state index in [1.54, 1.807) is 0 Å². The van der Waals surface area contributed by atoms with E-state index >= 15 is 0 Å². The summed E-state index contributed by atoms with van der Waals surface area (Å²) in [6, 6.07) is 7.55. The van der Waals surface area contributed by atoms with Crippen LogP contribution in [0.15, 0.2) is 18.2 Å².